The fourth-order valence-electron chi connectivity index (χ4n) is 1.46. The number of carboxylic acids is 1. The Labute approximate surface area is 86.6 Å². The van der Waals surface area contributed by atoms with Gasteiger partial charge in [-0.1, -0.05) is 6.07 Å². The maximum absolute atomic E-state index is 10.9. The lowest BCUT2D eigenvalue weighted by Gasteiger charge is -2.08. The molecule has 0 spiro atoms. The highest BCUT2D eigenvalue weighted by atomic mass is 16.4. The summed E-state index contributed by atoms with van der Waals surface area (Å²) in [7, 11) is 0. The Morgan fingerprint density at radius 1 is 1.20 bits per heavy atom. The average molecular weight is 202 g/mol. The molecule has 0 radical (unpaired) electrons. The zero-order valence-electron chi connectivity index (χ0n) is 7.92. The fourth-order valence-corrected chi connectivity index (χ4v) is 1.46. The highest BCUT2D eigenvalue weighted by Gasteiger charge is 2.11. The molecule has 0 unspecified atom stereocenters. The molecule has 0 atom stereocenters. The van der Waals surface area contributed by atoms with E-state index in [4.69, 9.17) is 10.8 Å². The van der Waals surface area contributed by atoms with Crippen LogP contribution in [0.3, 0.4) is 0 Å². The molecule has 3 N–H and O–H groups in total. The van der Waals surface area contributed by atoms with Crippen LogP contribution in [0.4, 0.5) is 5.69 Å². The minimum Gasteiger partial charge on any atom is -0.478 e. The standard InChI is InChI=1S/C11H10N2O2/c12-10-8(11(14)15)4-3-5-9(10)13-6-1-2-7-13/h1-7H,12H2,(H,14,15). The number of carbonyl (C=O) groups is 1. The monoisotopic (exact) mass is 202 g/mol. The number of anilines is 1. The molecule has 0 fully saturated rings. The molecule has 76 valence electrons. The number of para-hydroxylation sites is 1. The molecule has 0 aliphatic carbocycles. The van der Waals surface area contributed by atoms with Crippen LogP contribution in [0.5, 0.6) is 0 Å². The Hall–Kier alpha value is -2.23. The largest absolute Gasteiger partial charge is 0.478 e. The van der Waals surface area contributed by atoms with E-state index in [1.165, 1.54) is 6.07 Å². The summed E-state index contributed by atoms with van der Waals surface area (Å²) in [5.41, 5.74) is 6.86. The molecule has 15 heavy (non-hydrogen) atoms. The van der Waals surface area contributed by atoms with Crippen molar-refractivity contribution in [2.75, 3.05) is 5.73 Å². The number of benzene rings is 1. The van der Waals surface area contributed by atoms with Gasteiger partial charge in [0.2, 0.25) is 0 Å². The molecule has 4 nitrogen and oxygen atoms in total. The molecule has 1 heterocycles. The van der Waals surface area contributed by atoms with Gasteiger partial charge in [0.25, 0.3) is 0 Å². The predicted octanol–water partition coefficient (Wildman–Crippen LogP) is 1.76. The summed E-state index contributed by atoms with van der Waals surface area (Å²) >= 11 is 0. The van der Waals surface area contributed by atoms with Gasteiger partial charge < -0.3 is 15.4 Å². The molecular weight excluding hydrogens is 192 g/mol. The third-order valence-corrected chi connectivity index (χ3v) is 2.20. The zero-order valence-corrected chi connectivity index (χ0v) is 7.92. The van der Waals surface area contributed by atoms with E-state index < -0.39 is 5.97 Å². The highest BCUT2D eigenvalue weighted by Crippen LogP contribution is 2.21. The molecule has 0 saturated carbocycles. The van der Waals surface area contributed by atoms with Gasteiger partial charge in [-0.3, -0.25) is 0 Å². The van der Waals surface area contributed by atoms with Gasteiger partial charge in [-0.2, -0.15) is 0 Å². The second-order valence-corrected chi connectivity index (χ2v) is 3.13. The summed E-state index contributed by atoms with van der Waals surface area (Å²) in [4.78, 5) is 10.9. The van der Waals surface area contributed by atoms with Crippen molar-refractivity contribution in [2.24, 2.45) is 0 Å². The number of rotatable bonds is 2. The first-order chi connectivity index (χ1) is 7.20. The average Bonchev–Trinajstić information content (AvgIpc) is 2.70. The van der Waals surface area contributed by atoms with Gasteiger partial charge in [-0.15, -0.1) is 0 Å². The summed E-state index contributed by atoms with van der Waals surface area (Å²) < 4.78 is 1.78. The topological polar surface area (TPSA) is 68.2 Å². The summed E-state index contributed by atoms with van der Waals surface area (Å²) in [6.07, 6.45) is 3.63. The van der Waals surface area contributed by atoms with Crippen LogP contribution in [-0.2, 0) is 0 Å². The Morgan fingerprint density at radius 3 is 2.47 bits per heavy atom. The first-order valence-corrected chi connectivity index (χ1v) is 4.45. The van der Waals surface area contributed by atoms with E-state index in [0.29, 0.717) is 5.69 Å². The smallest absolute Gasteiger partial charge is 0.337 e. The van der Waals surface area contributed by atoms with Crippen LogP contribution in [0.15, 0.2) is 42.7 Å². The Morgan fingerprint density at radius 2 is 1.87 bits per heavy atom. The lowest BCUT2D eigenvalue weighted by atomic mass is 10.1. The third-order valence-electron chi connectivity index (χ3n) is 2.20. The number of hydrogen-bond acceptors (Lipinski definition) is 2. The van der Waals surface area contributed by atoms with E-state index in [0.717, 1.165) is 0 Å². The van der Waals surface area contributed by atoms with Crippen molar-refractivity contribution in [3.8, 4) is 5.69 Å². The highest BCUT2D eigenvalue weighted by molar-refractivity contribution is 5.95. The summed E-state index contributed by atoms with van der Waals surface area (Å²) in [5.74, 6) is -1.01. The number of carboxylic acid groups (broad SMARTS) is 1. The van der Waals surface area contributed by atoms with E-state index in [2.05, 4.69) is 0 Å². The van der Waals surface area contributed by atoms with Gasteiger partial charge >= 0.3 is 5.97 Å². The molecule has 0 saturated heterocycles. The summed E-state index contributed by atoms with van der Waals surface area (Å²) in [5, 5.41) is 8.90. The van der Waals surface area contributed by atoms with Crippen molar-refractivity contribution in [3.63, 3.8) is 0 Å². The van der Waals surface area contributed by atoms with Crippen molar-refractivity contribution in [1.29, 1.82) is 0 Å². The first-order valence-electron chi connectivity index (χ1n) is 4.45. The predicted molar refractivity (Wildman–Crippen MR) is 57.1 cm³/mol. The maximum atomic E-state index is 10.9. The number of nitrogens with zero attached hydrogens (tertiary/aromatic N) is 1. The van der Waals surface area contributed by atoms with Crippen molar-refractivity contribution in [3.05, 3.63) is 48.3 Å². The van der Waals surface area contributed by atoms with Gasteiger partial charge in [0.15, 0.2) is 0 Å². The Balaban J connectivity index is 2.59. The van der Waals surface area contributed by atoms with Crippen molar-refractivity contribution < 1.29 is 9.90 Å². The van der Waals surface area contributed by atoms with Crippen LogP contribution in [0.2, 0.25) is 0 Å². The van der Waals surface area contributed by atoms with E-state index in [1.807, 2.05) is 24.5 Å². The maximum Gasteiger partial charge on any atom is 0.337 e. The van der Waals surface area contributed by atoms with E-state index in [1.54, 1.807) is 16.7 Å². The van der Waals surface area contributed by atoms with E-state index in [9.17, 15) is 4.79 Å². The zero-order chi connectivity index (χ0) is 10.8. The Kier molecular flexibility index (Phi) is 2.17. The molecule has 2 aromatic rings. The van der Waals surface area contributed by atoms with Gasteiger partial charge in [-0.25, -0.2) is 4.79 Å². The lowest BCUT2D eigenvalue weighted by Crippen LogP contribution is -2.06. The minimum atomic E-state index is -1.01. The SMILES string of the molecule is Nc1c(C(=O)O)cccc1-n1cccc1. The second kappa shape index (κ2) is 3.49. The number of hydrogen-bond donors (Lipinski definition) is 2. The second-order valence-electron chi connectivity index (χ2n) is 3.13. The van der Waals surface area contributed by atoms with Crippen LogP contribution in [0.25, 0.3) is 5.69 Å². The summed E-state index contributed by atoms with van der Waals surface area (Å²) in [6, 6.07) is 8.65. The van der Waals surface area contributed by atoms with Crippen molar-refractivity contribution in [2.45, 2.75) is 0 Å². The quantitative estimate of drug-likeness (QED) is 0.729. The van der Waals surface area contributed by atoms with Crippen LogP contribution >= 0.6 is 0 Å². The molecule has 0 amide bonds. The van der Waals surface area contributed by atoms with E-state index >= 15 is 0 Å². The van der Waals surface area contributed by atoms with Crippen LogP contribution in [0, 0.1) is 0 Å². The normalized spacial score (nSPS) is 10.1. The molecule has 2 rings (SSSR count). The first kappa shape index (κ1) is 9.33. The summed E-state index contributed by atoms with van der Waals surface area (Å²) in [6.45, 7) is 0. The fraction of sp³-hybridized carbons (Fsp3) is 0. The number of aromatic nitrogens is 1. The number of nitrogens with two attached hydrogens (primary N) is 1. The molecule has 1 aromatic heterocycles. The molecule has 4 heteroatoms. The number of aromatic carboxylic acids is 1. The van der Waals surface area contributed by atoms with Crippen molar-refractivity contribution >= 4 is 11.7 Å². The lowest BCUT2D eigenvalue weighted by molar-refractivity contribution is 0.0698. The van der Waals surface area contributed by atoms with Crippen molar-refractivity contribution in [1.82, 2.24) is 4.57 Å². The van der Waals surface area contributed by atoms with Gasteiger partial charge in [0.05, 0.1) is 16.9 Å². The van der Waals surface area contributed by atoms with Gasteiger partial charge in [0, 0.05) is 12.4 Å². The Bertz CT molecular complexity index is 489. The van der Waals surface area contributed by atoms with Crippen LogP contribution < -0.4 is 5.73 Å². The molecule has 0 aliphatic rings. The van der Waals surface area contributed by atoms with Crippen LogP contribution in [-0.4, -0.2) is 15.6 Å². The van der Waals surface area contributed by atoms with E-state index in [-0.39, 0.29) is 11.3 Å². The molecule has 1 aromatic carbocycles. The molecular formula is C11H10N2O2. The molecule has 0 bridgehead atoms. The third kappa shape index (κ3) is 1.57. The van der Waals surface area contributed by atoms with Gasteiger partial charge in [0.1, 0.15) is 0 Å². The minimum absolute atomic E-state index is 0.126. The van der Waals surface area contributed by atoms with Gasteiger partial charge in [-0.05, 0) is 24.3 Å². The number of nitrogen functional groups attached to an aromatic ring is 1. The molecule has 0 aliphatic heterocycles. The van der Waals surface area contributed by atoms with Crippen LogP contribution in [0.1, 0.15) is 10.4 Å².